The number of aromatic nitrogens is 1. The van der Waals surface area contributed by atoms with Crippen molar-refractivity contribution in [3.8, 4) is 0 Å². The van der Waals surface area contributed by atoms with E-state index in [-0.39, 0.29) is 74.7 Å². The molecule has 0 spiro atoms. The highest BCUT2D eigenvalue weighted by molar-refractivity contribution is 9.09. The van der Waals surface area contributed by atoms with Gasteiger partial charge in [0.25, 0.3) is 0 Å². The molecule has 372 valence electrons. The zero-order valence-corrected chi connectivity index (χ0v) is 43.7. The molecule has 12 nitrogen and oxygen atoms in total. The fourth-order valence-electron chi connectivity index (χ4n) is 6.35. The Morgan fingerprint density at radius 3 is 1.62 bits per heavy atom. The molecule has 3 heterocycles. The van der Waals surface area contributed by atoms with Gasteiger partial charge in [-0.2, -0.15) is 14.9 Å². The number of thiazole rings is 1. The van der Waals surface area contributed by atoms with Gasteiger partial charge < -0.3 is 41.7 Å². The summed E-state index contributed by atoms with van der Waals surface area (Å²) in [5.41, 5.74) is 15.7. The summed E-state index contributed by atoms with van der Waals surface area (Å²) in [6.45, 7) is 10.4. The molecule has 2 aliphatic heterocycles. The minimum Gasteiger partial charge on any atom is -0.382 e. The number of aliphatic imine (C=N–C) groups is 1. The number of hydrogen-bond donors (Lipinski definition) is 4. The summed E-state index contributed by atoms with van der Waals surface area (Å²) in [5.74, 6) is -3.11. The molecule has 7 rings (SSSR count). The number of rotatable bonds is 10. The Balaban J connectivity index is 0.000000538. The number of nitrogens with one attached hydrogen (secondary N) is 2. The summed E-state index contributed by atoms with van der Waals surface area (Å²) in [5, 5.41) is 7.61. The maximum Gasteiger partial charge on any atom is 0.207 e. The standard InChI is InChI=1S/C21H21F2N5OS.C15H23N5S2.C8H5BrF2O.2CH4.BrH.H3P/c1-27-6-8-28(9-7-27)17-4-2-16(3-5-17)25-21-26-20(24)19(30-21)18(29)13-10-14(22)12-15(23)11-13;1-3-22-14(16)18-15(21)17-12-4-6-13(7-5-12)20-10-8-19(2)9-11-20;9-4-8(12)5-1-6(10)3-7(11)2-5;;;;/h2-5,10-12H,6-9,24H2,1H3,(H,25,26);4-7H,3,8-11H2,1-2H3,(H3,16,17,18,21);1-3H,4H2;2*1H4;1H;1H3. The Labute approximate surface area is 433 Å². The second-order valence-electron chi connectivity index (χ2n) is 14.5. The number of anilines is 6. The van der Waals surface area contributed by atoms with Crippen molar-refractivity contribution in [1.29, 1.82) is 0 Å². The van der Waals surface area contributed by atoms with Gasteiger partial charge in [-0.15, -0.1) is 17.0 Å². The molecule has 4 aromatic carbocycles. The van der Waals surface area contributed by atoms with E-state index in [9.17, 15) is 27.2 Å². The first-order chi connectivity index (χ1) is 30.6. The summed E-state index contributed by atoms with van der Waals surface area (Å²) in [7, 11) is 4.28. The second kappa shape index (κ2) is 30.4. The Hall–Kier alpha value is -4.21. The highest BCUT2D eigenvalue weighted by Crippen LogP contribution is 2.31. The summed E-state index contributed by atoms with van der Waals surface area (Å²) >= 11 is 10.6. The number of piperazine rings is 2. The molecule has 0 bridgehead atoms. The minimum absolute atomic E-state index is 0. The predicted octanol–water partition coefficient (Wildman–Crippen LogP) is 10.4. The summed E-state index contributed by atoms with van der Waals surface area (Å²) in [6, 6.07) is 21.6. The molecule has 6 N–H and O–H groups in total. The number of carbonyl (C=O) groups excluding carboxylic acids is 2. The molecule has 1 aromatic heterocycles. The molecule has 0 saturated carbocycles. The van der Waals surface area contributed by atoms with Gasteiger partial charge in [-0.3, -0.25) is 9.59 Å². The summed E-state index contributed by atoms with van der Waals surface area (Å²) in [4.78, 5) is 41.4. The first-order valence-electron chi connectivity index (χ1n) is 20.0. The number of nitrogen functional groups attached to an aromatic ring is 1. The number of amidine groups is 1. The largest absolute Gasteiger partial charge is 0.382 e. The number of likely N-dealkylation sites (N-methyl/N-ethyl adjacent to an activating group) is 2. The van der Waals surface area contributed by atoms with Gasteiger partial charge >= 0.3 is 0 Å². The molecule has 1 unspecified atom stereocenters. The van der Waals surface area contributed by atoms with Crippen LogP contribution < -0.4 is 31.9 Å². The number of thioether (sulfide) groups is 1. The van der Waals surface area contributed by atoms with Crippen molar-refractivity contribution >= 4 is 134 Å². The van der Waals surface area contributed by atoms with Crippen LogP contribution in [0.5, 0.6) is 0 Å². The smallest absolute Gasteiger partial charge is 0.207 e. The summed E-state index contributed by atoms with van der Waals surface area (Å²) < 4.78 is 51.9. The Morgan fingerprint density at radius 2 is 1.19 bits per heavy atom. The van der Waals surface area contributed by atoms with Crippen molar-refractivity contribution in [2.24, 2.45) is 10.7 Å². The van der Waals surface area contributed by atoms with Gasteiger partial charge in [0, 0.05) is 98.4 Å². The lowest BCUT2D eigenvalue weighted by molar-refractivity contribution is 0.102. The van der Waals surface area contributed by atoms with Crippen LogP contribution in [0.15, 0.2) is 89.9 Å². The van der Waals surface area contributed by atoms with Crippen LogP contribution in [0.3, 0.4) is 0 Å². The topological polar surface area (TPSA) is 148 Å². The van der Waals surface area contributed by atoms with Gasteiger partial charge in [-0.25, -0.2) is 22.5 Å². The van der Waals surface area contributed by atoms with Crippen molar-refractivity contribution in [2.75, 3.05) is 104 Å². The Morgan fingerprint density at radius 1 is 0.765 bits per heavy atom. The predicted molar refractivity (Wildman–Crippen MR) is 297 cm³/mol. The maximum absolute atomic E-state index is 13.4. The lowest BCUT2D eigenvalue weighted by Crippen LogP contribution is -2.44. The number of ketones is 2. The third-order valence-electron chi connectivity index (χ3n) is 9.77. The van der Waals surface area contributed by atoms with Crippen LogP contribution in [0.4, 0.5) is 51.3 Å². The quantitative estimate of drug-likeness (QED) is 0.0200. The third kappa shape index (κ3) is 19.3. The average molecular weight is 1150 g/mol. The van der Waals surface area contributed by atoms with E-state index in [0.717, 1.165) is 117 Å². The van der Waals surface area contributed by atoms with E-state index < -0.39 is 29.1 Å². The lowest BCUT2D eigenvalue weighted by atomic mass is 10.1. The molecule has 0 aliphatic carbocycles. The lowest BCUT2D eigenvalue weighted by Gasteiger charge is -2.34. The number of nitrogens with two attached hydrogens (primary N) is 2. The normalized spacial score (nSPS) is 13.6. The Kier molecular flexibility index (Phi) is 27.6. The third-order valence-corrected chi connectivity index (χ3v) is 12.1. The maximum atomic E-state index is 13.4. The number of benzene rings is 4. The van der Waals surface area contributed by atoms with Crippen LogP contribution in [-0.4, -0.2) is 114 Å². The molecule has 2 saturated heterocycles. The number of halogens is 6. The number of nitrogens with zero attached hydrogens (tertiary/aromatic N) is 6. The molecule has 68 heavy (non-hydrogen) atoms. The van der Waals surface area contributed by atoms with Crippen molar-refractivity contribution in [3.63, 3.8) is 0 Å². The highest BCUT2D eigenvalue weighted by Gasteiger charge is 2.20. The highest BCUT2D eigenvalue weighted by atomic mass is 79.9. The van der Waals surface area contributed by atoms with Crippen molar-refractivity contribution < 1.29 is 27.2 Å². The van der Waals surface area contributed by atoms with E-state index in [0.29, 0.717) is 21.5 Å². The first-order valence-corrected chi connectivity index (χ1v) is 23.4. The fourth-order valence-corrected chi connectivity index (χ4v) is 8.27. The summed E-state index contributed by atoms with van der Waals surface area (Å²) in [6.07, 6.45) is 0. The van der Waals surface area contributed by atoms with E-state index in [1.54, 1.807) is 0 Å². The van der Waals surface area contributed by atoms with Gasteiger partial charge in [-0.05, 0) is 105 Å². The molecular formula is C46H61Br2F4N10O2PS3. The Bertz CT molecular complexity index is 2370. The van der Waals surface area contributed by atoms with Crippen LogP contribution in [0.25, 0.3) is 0 Å². The SMILES string of the molecule is Br.C.C.CCSC(N)=NC(=S)Nc1ccc(N2CCN(C)CC2)cc1.CN1CCN(c2ccc(Nc3nc(N)c(C(=O)c4cc(F)cc(F)c4)s3)cc2)CC1.O=C(CBr)c1cc(F)cc(F)c1.P. The molecule has 0 radical (unpaired) electrons. The number of hydrogen-bond acceptors (Lipinski definition) is 12. The fraction of sp³-hybridized carbons (Fsp3) is 0.326. The van der Waals surface area contributed by atoms with E-state index >= 15 is 0 Å². The minimum atomic E-state index is -0.819. The number of Topliss-reactive ketones (excluding diaryl/α,β-unsaturated/α-hetero) is 1. The molecule has 22 heteroatoms. The van der Waals surface area contributed by atoms with Crippen LogP contribution in [0, 0.1) is 23.3 Å². The molecule has 5 aromatic rings. The van der Waals surface area contributed by atoms with Crippen LogP contribution in [-0.2, 0) is 0 Å². The molecule has 0 amide bonds. The van der Waals surface area contributed by atoms with Crippen LogP contribution >= 0.6 is 78.1 Å². The zero-order valence-electron chi connectivity index (χ0n) is 36.5. The van der Waals surface area contributed by atoms with E-state index in [1.807, 2.05) is 43.3 Å². The van der Waals surface area contributed by atoms with E-state index in [1.165, 1.54) is 17.4 Å². The number of carbonyl (C=O) groups is 2. The monoisotopic (exact) mass is 1150 g/mol. The molecule has 2 aliphatic rings. The number of alkyl halides is 1. The van der Waals surface area contributed by atoms with Crippen molar-refractivity contribution in [1.82, 2.24) is 14.8 Å². The molecular weight excluding hydrogens is 1090 g/mol. The van der Waals surface area contributed by atoms with Gasteiger partial charge in [0.1, 0.15) is 34.0 Å². The van der Waals surface area contributed by atoms with Gasteiger partial charge in [0.05, 0.1) is 5.33 Å². The number of thiocarbonyl (C=S) groups is 1. The average Bonchev–Trinajstić information content (AvgIpc) is 3.63. The zero-order chi connectivity index (χ0) is 46.3. The van der Waals surface area contributed by atoms with Crippen LogP contribution in [0.1, 0.15) is 47.4 Å². The second-order valence-corrected chi connectivity index (χ2v) is 17.8. The van der Waals surface area contributed by atoms with E-state index in [4.69, 9.17) is 23.7 Å². The van der Waals surface area contributed by atoms with Crippen molar-refractivity contribution in [3.05, 3.63) is 124 Å². The molecule has 2 fully saturated rings. The molecule has 1 atom stereocenters. The van der Waals surface area contributed by atoms with Gasteiger partial charge in [-0.1, -0.05) is 60.8 Å². The van der Waals surface area contributed by atoms with Gasteiger partial charge in [0.2, 0.25) is 5.78 Å². The van der Waals surface area contributed by atoms with Crippen molar-refractivity contribution in [2.45, 2.75) is 21.8 Å². The van der Waals surface area contributed by atoms with Gasteiger partial charge in [0.15, 0.2) is 21.2 Å². The van der Waals surface area contributed by atoms with Crippen LogP contribution in [0.2, 0.25) is 0 Å². The first kappa shape index (κ1) is 61.8. The van der Waals surface area contributed by atoms with E-state index in [2.05, 4.69) is 82.4 Å².